The predicted octanol–water partition coefficient (Wildman–Crippen LogP) is 2.35. The normalized spacial score (nSPS) is 10.3. The summed E-state index contributed by atoms with van der Waals surface area (Å²) in [6.45, 7) is 3.89. The minimum atomic E-state index is -0.325. The van der Waals surface area contributed by atoms with Gasteiger partial charge in [-0.2, -0.15) is 0 Å². The number of hydrogen-bond donors (Lipinski definition) is 1. The summed E-state index contributed by atoms with van der Waals surface area (Å²) in [5.74, 6) is -0.587. The summed E-state index contributed by atoms with van der Waals surface area (Å²) < 4.78 is 13.6. The second-order valence-corrected chi connectivity index (χ2v) is 4.16. The van der Waals surface area contributed by atoms with Gasteiger partial charge in [-0.25, -0.2) is 9.37 Å². The van der Waals surface area contributed by atoms with E-state index in [0.717, 1.165) is 0 Å². The van der Waals surface area contributed by atoms with Crippen LogP contribution >= 0.6 is 11.3 Å². The number of hydrogen-bond acceptors (Lipinski definition) is 3. The van der Waals surface area contributed by atoms with Crippen molar-refractivity contribution in [1.29, 1.82) is 0 Å². The fourth-order valence-electron chi connectivity index (χ4n) is 1.24. The van der Waals surface area contributed by atoms with Crippen molar-refractivity contribution < 1.29 is 9.18 Å². The number of aromatic nitrogens is 1. The molecule has 0 unspecified atom stereocenters. The van der Waals surface area contributed by atoms with Crippen LogP contribution in [-0.4, -0.2) is 17.4 Å². The zero-order valence-electron chi connectivity index (χ0n) is 8.37. The smallest absolute Gasteiger partial charge is 0.280 e. The second-order valence-electron chi connectivity index (χ2n) is 3.13. The van der Waals surface area contributed by atoms with Crippen LogP contribution in [0.25, 0.3) is 10.2 Å². The molecule has 5 heteroatoms. The molecule has 0 atom stereocenters. The van der Waals surface area contributed by atoms with Crippen LogP contribution in [0.5, 0.6) is 0 Å². The summed E-state index contributed by atoms with van der Waals surface area (Å²) >= 11 is 1.17. The van der Waals surface area contributed by atoms with Gasteiger partial charge in [0.05, 0.1) is 10.2 Å². The SMILES string of the molecule is C=CCNC(=O)c1nc2ccc(F)cc2s1. The maximum atomic E-state index is 12.9. The molecule has 0 saturated heterocycles. The molecule has 0 aliphatic carbocycles. The molecule has 0 aliphatic rings. The Labute approximate surface area is 95.6 Å². The first-order chi connectivity index (χ1) is 7.70. The average Bonchev–Trinajstić information content (AvgIpc) is 2.68. The third-order valence-corrected chi connectivity index (χ3v) is 2.97. The molecule has 16 heavy (non-hydrogen) atoms. The van der Waals surface area contributed by atoms with E-state index in [1.807, 2.05) is 0 Å². The molecule has 2 rings (SSSR count). The van der Waals surface area contributed by atoms with Crippen LogP contribution in [0.3, 0.4) is 0 Å². The molecule has 3 nitrogen and oxygen atoms in total. The molecule has 1 aromatic heterocycles. The maximum Gasteiger partial charge on any atom is 0.280 e. The summed E-state index contributed by atoms with van der Waals surface area (Å²) in [5, 5.41) is 2.96. The fourth-order valence-corrected chi connectivity index (χ4v) is 2.14. The molecule has 2 aromatic rings. The zero-order valence-corrected chi connectivity index (χ0v) is 9.18. The zero-order chi connectivity index (χ0) is 11.5. The van der Waals surface area contributed by atoms with E-state index in [1.165, 1.54) is 23.5 Å². The van der Waals surface area contributed by atoms with Crippen molar-refractivity contribution >= 4 is 27.5 Å². The van der Waals surface area contributed by atoms with Gasteiger partial charge in [-0.3, -0.25) is 4.79 Å². The molecule has 0 spiro atoms. The quantitative estimate of drug-likeness (QED) is 0.831. The molecule has 1 amide bonds. The lowest BCUT2D eigenvalue weighted by atomic mass is 10.3. The number of fused-ring (bicyclic) bond motifs is 1. The number of nitrogens with one attached hydrogen (secondary N) is 1. The number of rotatable bonds is 3. The Kier molecular flexibility index (Phi) is 2.96. The lowest BCUT2D eigenvalue weighted by Gasteiger charge is -1.95. The van der Waals surface area contributed by atoms with Gasteiger partial charge in [0.25, 0.3) is 5.91 Å². The van der Waals surface area contributed by atoms with E-state index in [0.29, 0.717) is 21.8 Å². The summed E-state index contributed by atoms with van der Waals surface area (Å²) in [7, 11) is 0. The molecule has 0 aliphatic heterocycles. The lowest BCUT2D eigenvalue weighted by molar-refractivity contribution is 0.0958. The van der Waals surface area contributed by atoms with Gasteiger partial charge in [0, 0.05) is 6.54 Å². The number of benzene rings is 1. The Bertz CT molecular complexity index is 550. The van der Waals surface area contributed by atoms with Crippen molar-refractivity contribution in [2.45, 2.75) is 0 Å². The van der Waals surface area contributed by atoms with Crippen LogP contribution in [0, 0.1) is 5.82 Å². The van der Waals surface area contributed by atoms with E-state index in [2.05, 4.69) is 16.9 Å². The molecule has 0 radical (unpaired) electrons. The van der Waals surface area contributed by atoms with Gasteiger partial charge in [-0.15, -0.1) is 17.9 Å². The van der Waals surface area contributed by atoms with E-state index in [4.69, 9.17) is 0 Å². The number of carbonyl (C=O) groups excluding carboxylic acids is 1. The number of halogens is 1. The van der Waals surface area contributed by atoms with Gasteiger partial charge in [0.1, 0.15) is 5.82 Å². The van der Waals surface area contributed by atoms with Crippen LogP contribution in [0.4, 0.5) is 4.39 Å². The van der Waals surface area contributed by atoms with Crippen molar-refractivity contribution in [3.8, 4) is 0 Å². The Morgan fingerprint density at radius 1 is 1.62 bits per heavy atom. The Morgan fingerprint density at radius 2 is 2.44 bits per heavy atom. The van der Waals surface area contributed by atoms with Crippen molar-refractivity contribution in [2.75, 3.05) is 6.54 Å². The minimum absolute atomic E-state index is 0.262. The first-order valence-electron chi connectivity index (χ1n) is 4.66. The van der Waals surface area contributed by atoms with E-state index in [9.17, 15) is 9.18 Å². The molecule has 0 bridgehead atoms. The molecule has 0 fully saturated rings. The van der Waals surface area contributed by atoms with Crippen molar-refractivity contribution in [2.24, 2.45) is 0 Å². The lowest BCUT2D eigenvalue weighted by Crippen LogP contribution is -2.22. The van der Waals surface area contributed by atoms with E-state index >= 15 is 0 Å². The van der Waals surface area contributed by atoms with Crippen LogP contribution in [0.1, 0.15) is 9.80 Å². The molecular weight excluding hydrogens is 227 g/mol. The Hall–Kier alpha value is -1.75. The Morgan fingerprint density at radius 3 is 3.19 bits per heavy atom. The first kappa shape index (κ1) is 10.8. The summed E-state index contributed by atoms with van der Waals surface area (Å²) in [5.41, 5.74) is 0.634. The van der Waals surface area contributed by atoms with Gasteiger partial charge in [0.15, 0.2) is 5.01 Å². The fraction of sp³-hybridized carbons (Fsp3) is 0.0909. The van der Waals surface area contributed by atoms with E-state index < -0.39 is 0 Å². The number of nitrogens with zero attached hydrogens (tertiary/aromatic N) is 1. The van der Waals surface area contributed by atoms with Crippen molar-refractivity contribution in [1.82, 2.24) is 10.3 Å². The molecule has 1 N–H and O–H groups in total. The van der Waals surface area contributed by atoms with Gasteiger partial charge in [-0.05, 0) is 18.2 Å². The highest BCUT2D eigenvalue weighted by Gasteiger charge is 2.11. The first-order valence-corrected chi connectivity index (χ1v) is 5.47. The third-order valence-electron chi connectivity index (χ3n) is 1.95. The summed E-state index contributed by atoms with van der Waals surface area (Å²) in [4.78, 5) is 15.7. The topological polar surface area (TPSA) is 42.0 Å². The van der Waals surface area contributed by atoms with E-state index in [-0.39, 0.29) is 11.7 Å². The third kappa shape index (κ3) is 2.09. The molecule has 1 heterocycles. The minimum Gasteiger partial charge on any atom is -0.347 e. The molecule has 0 saturated carbocycles. The van der Waals surface area contributed by atoms with Gasteiger partial charge < -0.3 is 5.32 Å². The van der Waals surface area contributed by atoms with Crippen LogP contribution in [0.2, 0.25) is 0 Å². The highest BCUT2D eigenvalue weighted by atomic mass is 32.1. The summed E-state index contributed by atoms with van der Waals surface area (Å²) in [6.07, 6.45) is 1.59. The van der Waals surface area contributed by atoms with Gasteiger partial charge in [-0.1, -0.05) is 6.08 Å². The number of thiazole rings is 1. The number of carbonyl (C=O) groups is 1. The largest absolute Gasteiger partial charge is 0.347 e. The Balaban J connectivity index is 2.32. The standard InChI is InChI=1S/C11H9FN2OS/c1-2-5-13-10(15)11-14-8-4-3-7(12)6-9(8)16-11/h2-4,6H,1,5H2,(H,13,15). The van der Waals surface area contributed by atoms with Crippen LogP contribution in [-0.2, 0) is 0 Å². The number of amides is 1. The highest BCUT2D eigenvalue weighted by Crippen LogP contribution is 2.22. The van der Waals surface area contributed by atoms with Crippen LogP contribution < -0.4 is 5.32 Å². The van der Waals surface area contributed by atoms with Crippen molar-refractivity contribution in [3.05, 3.63) is 41.7 Å². The van der Waals surface area contributed by atoms with Crippen molar-refractivity contribution in [3.63, 3.8) is 0 Å². The monoisotopic (exact) mass is 236 g/mol. The predicted molar refractivity (Wildman–Crippen MR) is 62.1 cm³/mol. The maximum absolute atomic E-state index is 12.9. The van der Waals surface area contributed by atoms with Gasteiger partial charge >= 0.3 is 0 Å². The average molecular weight is 236 g/mol. The molecule has 1 aromatic carbocycles. The van der Waals surface area contributed by atoms with Gasteiger partial charge in [0.2, 0.25) is 0 Å². The second kappa shape index (κ2) is 4.40. The van der Waals surface area contributed by atoms with Crippen LogP contribution in [0.15, 0.2) is 30.9 Å². The molecule has 82 valence electrons. The summed E-state index contributed by atoms with van der Waals surface area (Å²) in [6, 6.07) is 4.26. The van der Waals surface area contributed by atoms with E-state index in [1.54, 1.807) is 12.1 Å². The molecular formula is C11H9FN2OS. The highest BCUT2D eigenvalue weighted by molar-refractivity contribution is 7.20.